The third-order valence-corrected chi connectivity index (χ3v) is 3.64. The summed E-state index contributed by atoms with van der Waals surface area (Å²) in [5.41, 5.74) is 0.875. The maximum absolute atomic E-state index is 12.9. The summed E-state index contributed by atoms with van der Waals surface area (Å²) in [6, 6.07) is 13.0. The minimum absolute atomic E-state index is 0. The highest BCUT2D eigenvalue weighted by atomic mass is 35.5. The molecular formula is C18H19ClN2O2. The largest absolute Gasteiger partial charge is 1.00 e. The van der Waals surface area contributed by atoms with E-state index in [9.17, 15) is 9.90 Å². The number of aromatic hydroxyl groups is 1. The molecule has 0 fully saturated rings. The minimum atomic E-state index is -0.180. The molecule has 2 aromatic heterocycles. The Balaban J connectivity index is 0.00000192. The third-order valence-electron chi connectivity index (χ3n) is 3.64. The van der Waals surface area contributed by atoms with E-state index in [1.807, 2.05) is 42.5 Å². The van der Waals surface area contributed by atoms with E-state index in [0.717, 1.165) is 5.52 Å². The van der Waals surface area contributed by atoms with Gasteiger partial charge in [-0.1, -0.05) is 32.0 Å². The van der Waals surface area contributed by atoms with Crippen LogP contribution < -0.4 is 22.5 Å². The zero-order valence-corrected chi connectivity index (χ0v) is 13.9. The Labute approximate surface area is 141 Å². The Bertz CT molecular complexity index is 873. The van der Waals surface area contributed by atoms with Crippen LogP contribution >= 0.6 is 0 Å². The smallest absolute Gasteiger partial charge is 0.327 e. The highest BCUT2D eigenvalue weighted by Gasteiger charge is 2.23. The number of pyridine rings is 2. The van der Waals surface area contributed by atoms with Crippen LogP contribution in [0.15, 0.2) is 59.7 Å². The molecule has 4 nitrogen and oxygen atoms in total. The molecule has 2 heterocycles. The van der Waals surface area contributed by atoms with Crippen molar-refractivity contribution in [2.75, 3.05) is 0 Å². The van der Waals surface area contributed by atoms with Gasteiger partial charge in [-0.25, -0.2) is 0 Å². The molecule has 0 radical (unpaired) electrons. The first-order valence-electron chi connectivity index (χ1n) is 7.40. The lowest BCUT2D eigenvalue weighted by molar-refractivity contribution is -0.597. The zero-order chi connectivity index (χ0) is 15.7. The minimum Gasteiger partial charge on any atom is -1.00 e. The molecule has 5 heteroatoms. The maximum Gasteiger partial charge on any atom is 0.327 e. The Kier molecular flexibility index (Phi) is 5.06. The van der Waals surface area contributed by atoms with Crippen LogP contribution in [0.25, 0.3) is 16.6 Å². The number of fused-ring (bicyclic) bond motifs is 1. The topological polar surface area (TPSA) is 46.1 Å². The van der Waals surface area contributed by atoms with E-state index in [1.165, 1.54) is 0 Å². The van der Waals surface area contributed by atoms with Crippen LogP contribution in [0.4, 0.5) is 0 Å². The van der Waals surface area contributed by atoms with Crippen molar-refractivity contribution in [2.45, 2.75) is 20.4 Å². The maximum atomic E-state index is 12.9. The molecule has 120 valence electrons. The number of halogens is 1. The van der Waals surface area contributed by atoms with Crippen LogP contribution in [0, 0.1) is 5.92 Å². The average Bonchev–Trinajstić information content (AvgIpc) is 2.52. The summed E-state index contributed by atoms with van der Waals surface area (Å²) < 4.78 is 3.41. The van der Waals surface area contributed by atoms with Gasteiger partial charge >= 0.3 is 11.2 Å². The predicted molar refractivity (Wildman–Crippen MR) is 86.2 cm³/mol. The van der Waals surface area contributed by atoms with Crippen molar-refractivity contribution in [1.82, 2.24) is 4.57 Å². The molecule has 0 aliphatic rings. The molecule has 0 atom stereocenters. The van der Waals surface area contributed by atoms with Crippen LogP contribution in [0.5, 0.6) is 5.75 Å². The highest BCUT2D eigenvalue weighted by Crippen LogP contribution is 2.26. The lowest BCUT2D eigenvalue weighted by Gasteiger charge is -2.14. The fraction of sp³-hybridized carbons (Fsp3) is 0.222. The number of hydrogen-bond acceptors (Lipinski definition) is 2. The second kappa shape index (κ2) is 6.84. The molecule has 0 spiro atoms. The van der Waals surface area contributed by atoms with Crippen LogP contribution in [-0.2, 0) is 6.54 Å². The molecule has 0 amide bonds. The van der Waals surface area contributed by atoms with E-state index < -0.39 is 0 Å². The first-order valence-corrected chi connectivity index (χ1v) is 7.40. The molecule has 0 saturated carbocycles. The molecule has 3 aromatic rings. The summed E-state index contributed by atoms with van der Waals surface area (Å²) in [7, 11) is 0. The van der Waals surface area contributed by atoms with Crippen molar-refractivity contribution in [1.29, 1.82) is 0 Å². The first kappa shape index (κ1) is 17.0. The molecule has 0 aliphatic heterocycles. The Morgan fingerprint density at radius 1 is 1.09 bits per heavy atom. The van der Waals surface area contributed by atoms with Gasteiger partial charge in [-0.3, -0.25) is 4.79 Å². The fourth-order valence-corrected chi connectivity index (χ4v) is 2.70. The molecule has 3 rings (SSSR count). The Morgan fingerprint density at radius 2 is 1.74 bits per heavy atom. The van der Waals surface area contributed by atoms with E-state index in [2.05, 4.69) is 13.8 Å². The van der Waals surface area contributed by atoms with Crippen molar-refractivity contribution in [3.63, 3.8) is 0 Å². The quantitative estimate of drug-likeness (QED) is 0.667. The van der Waals surface area contributed by atoms with Gasteiger partial charge in [0.2, 0.25) is 5.75 Å². The third kappa shape index (κ3) is 3.08. The van der Waals surface area contributed by atoms with Crippen molar-refractivity contribution in [2.24, 2.45) is 5.92 Å². The van der Waals surface area contributed by atoms with Crippen LogP contribution in [0.2, 0.25) is 0 Å². The fourth-order valence-electron chi connectivity index (χ4n) is 2.70. The standard InChI is InChI=1S/C18H18N2O2.ClH/c1-13(2)12-20-15-9-5-4-8-14(15)17(21)16(18(20)22)19-10-6-3-7-11-19;/h3-11,13H,12H2,1-2H3;1H. The normalized spacial score (nSPS) is 10.7. The Hall–Kier alpha value is -2.33. The lowest BCUT2D eigenvalue weighted by Crippen LogP contribution is -3.00. The van der Waals surface area contributed by atoms with Gasteiger partial charge in [0, 0.05) is 24.1 Å². The van der Waals surface area contributed by atoms with Crippen molar-refractivity contribution < 1.29 is 22.1 Å². The van der Waals surface area contributed by atoms with Crippen LogP contribution in [0.1, 0.15) is 13.8 Å². The molecule has 0 unspecified atom stereocenters. The number of rotatable bonds is 3. The second-order valence-electron chi connectivity index (χ2n) is 5.81. The summed E-state index contributed by atoms with van der Waals surface area (Å²) in [4.78, 5) is 12.9. The monoisotopic (exact) mass is 330 g/mol. The van der Waals surface area contributed by atoms with Gasteiger partial charge in [0.25, 0.3) is 0 Å². The summed E-state index contributed by atoms with van der Waals surface area (Å²) in [5, 5.41) is 11.3. The molecule has 0 saturated heterocycles. The SMILES string of the molecule is CC(C)Cn1c(=O)c(-[n+]2ccccc2)c(O)c2ccccc21.[Cl-]. The van der Waals surface area contributed by atoms with Gasteiger partial charge in [0.15, 0.2) is 12.4 Å². The molecular weight excluding hydrogens is 312 g/mol. The first-order chi connectivity index (χ1) is 10.6. The Morgan fingerprint density at radius 3 is 2.39 bits per heavy atom. The predicted octanol–water partition coefficient (Wildman–Crippen LogP) is -0.356. The van der Waals surface area contributed by atoms with Gasteiger partial charge < -0.3 is 22.1 Å². The average molecular weight is 331 g/mol. The summed E-state index contributed by atoms with van der Waals surface area (Å²) in [5.74, 6) is 0.357. The molecule has 23 heavy (non-hydrogen) atoms. The lowest BCUT2D eigenvalue weighted by atomic mass is 10.1. The number of hydrogen-bond donors (Lipinski definition) is 1. The van der Waals surface area contributed by atoms with E-state index >= 15 is 0 Å². The number of para-hydroxylation sites is 1. The molecule has 0 bridgehead atoms. The van der Waals surface area contributed by atoms with Crippen molar-refractivity contribution >= 4 is 10.9 Å². The molecule has 1 aromatic carbocycles. The summed E-state index contributed by atoms with van der Waals surface area (Å²) in [6.07, 6.45) is 3.54. The molecule has 0 aliphatic carbocycles. The summed E-state index contributed by atoms with van der Waals surface area (Å²) >= 11 is 0. The number of nitrogens with zero attached hydrogens (tertiary/aromatic N) is 2. The zero-order valence-electron chi connectivity index (χ0n) is 13.1. The van der Waals surface area contributed by atoms with Crippen LogP contribution in [0.3, 0.4) is 0 Å². The number of aromatic nitrogens is 2. The molecule has 1 N–H and O–H groups in total. The van der Waals surface area contributed by atoms with Crippen molar-refractivity contribution in [3.8, 4) is 11.4 Å². The van der Waals surface area contributed by atoms with Gasteiger partial charge in [0.05, 0.1) is 5.52 Å². The van der Waals surface area contributed by atoms with E-state index in [4.69, 9.17) is 0 Å². The van der Waals surface area contributed by atoms with Gasteiger partial charge in [-0.15, -0.1) is 0 Å². The van der Waals surface area contributed by atoms with E-state index in [0.29, 0.717) is 23.5 Å². The van der Waals surface area contributed by atoms with E-state index in [-0.39, 0.29) is 23.7 Å². The summed E-state index contributed by atoms with van der Waals surface area (Å²) in [6.45, 7) is 4.76. The van der Waals surface area contributed by atoms with Crippen molar-refractivity contribution in [3.05, 3.63) is 65.2 Å². The number of benzene rings is 1. The van der Waals surface area contributed by atoms with Gasteiger partial charge in [-0.05, 0) is 18.1 Å². The van der Waals surface area contributed by atoms with Gasteiger partial charge in [-0.2, -0.15) is 4.57 Å². The highest BCUT2D eigenvalue weighted by molar-refractivity contribution is 5.87. The van der Waals surface area contributed by atoms with Gasteiger partial charge in [0.1, 0.15) is 0 Å². The van der Waals surface area contributed by atoms with E-state index in [1.54, 1.807) is 21.5 Å². The second-order valence-corrected chi connectivity index (χ2v) is 5.81. The van der Waals surface area contributed by atoms with Crippen LogP contribution in [-0.4, -0.2) is 9.67 Å².